The molecule has 9 heteroatoms. The van der Waals surface area contributed by atoms with Gasteiger partial charge in [0.15, 0.2) is 5.96 Å². The fraction of sp³-hybridized carbons (Fsp3) is 0.706. The molecule has 1 unspecified atom stereocenters. The zero-order valence-corrected chi connectivity index (χ0v) is 18.4. The second kappa shape index (κ2) is 10.6. The molecule has 1 aromatic rings. The number of hydrogen-bond donors (Lipinski definition) is 2. The average molecular weight is 478 g/mol. The van der Waals surface area contributed by atoms with E-state index in [2.05, 4.69) is 32.4 Å². The number of nitrogens with one attached hydrogen (secondary N) is 2. The van der Waals surface area contributed by atoms with Crippen LogP contribution in [-0.4, -0.2) is 64.3 Å². The van der Waals surface area contributed by atoms with E-state index in [0.717, 1.165) is 38.6 Å². The summed E-state index contributed by atoms with van der Waals surface area (Å²) in [4.78, 5) is 22.8. The van der Waals surface area contributed by atoms with Crippen LogP contribution in [0.3, 0.4) is 0 Å². The number of hydrogen-bond acceptors (Lipinski definition) is 4. The van der Waals surface area contributed by atoms with E-state index in [4.69, 9.17) is 4.74 Å². The van der Waals surface area contributed by atoms with Gasteiger partial charge < -0.3 is 24.8 Å². The molecular formula is C17H31IN6O2. The third kappa shape index (κ3) is 7.79. The van der Waals surface area contributed by atoms with Gasteiger partial charge in [-0.3, -0.25) is 4.99 Å². The number of ether oxygens (including phenoxy) is 1. The van der Waals surface area contributed by atoms with Crippen LogP contribution in [0.25, 0.3) is 0 Å². The van der Waals surface area contributed by atoms with Crippen LogP contribution in [0.15, 0.2) is 23.7 Å². The minimum Gasteiger partial charge on any atom is -0.444 e. The van der Waals surface area contributed by atoms with Crippen molar-refractivity contribution in [3.8, 4) is 0 Å². The van der Waals surface area contributed by atoms with Gasteiger partial charge in [-0.2, -0.15) is 0 Å². The standard InChI is InChI=1S/C17H30N6O2.HI/c1-5-19-15(20-8-11-22-10-7-18-13-22)23-9-6-14(12-23)21-16(24)25-17(2,3)4;/h7,10,13-14H,5-6,8-9,11-12H2,1-4H3,(H,19,20)(H,21,24);1H. The Morgan fingerprint density at radius 3 is 2.81 bits per heavy atom. The summed E-state index contributed by atoms with van der Waals surface area (Å²) in [5, 5.41) is 6.27. The minimum absolute atomic E-state index is 0. The first-order valence-corrected chi connectivity index (χ1v) is 8.86. The molecule has 26 heavy (non-hydrogen) atoms. The van der Waals surface area contributed by atoms with Crippen molar-refractivity contribution in [1.82, 2.24) is 25.1 Å². The number of guanidine groups is 1. The Morgan fingerprint density at radius 1 is 1.42 bits per heavy atom. The fourth-order valence-corrected chi connectivity index (χ4v) is 2.66. The molecule has 0 spiro atoms. The van der Waals surface area contributed by atoms with Gasteiger partial charge in [-0.1, -0.05) is 0 Å². The Labute approximate surface area is 172 Å². The SMILES string of the molecule is CCNC(=NCCn1ccnc1)N1CCC(NC(=O)OC(C)(C)C)C1.I. The summed E-state index contributed by atoms with van der Waals surface area (Å²) < 4.78 is 7.33. The highest BCUT2D eigenvalue weighted by Gasteiger charge is 2.27. The number of carbonyl (C=O) groups is 1. The molecule has 1 aromatic heterocycles. The van der Waals surface area contributed by atoms with Crippen molar-refractivity contribution in [2.75, 3.05) is 26.2 Å². The third-order valence-corrected chi connectivity index (χ3v) is 3.72. The molecular weight excluding hydrogens is 447 g/mol. The van der Waals surface area contributed by atoms with E-state index in [0.29, 0.717) is 6.54 Å². The molecule has 2 N–H and O–H groups in total. The summed E-state index contributed by atoms with van der Waals surface area (Å²) in [6, 6.07) is 0.0763. The van der Waals surface area contributed by atoms with E-state index in [9.17, 15) is 4.79 Å². The molecule has 148 valence electrons. The van der Waals surface area contributed by atoms with Gasteiger partial charge in [-0.15, -0.1) is 24.0 Å². The van der Waals surface area contributed by atoms with Gasteiger partial charge >= 0.3 is 6.09 Å². The number of aliphatic imine (C=N–C) groups is 1. The van der Waals surface area contributed by atoms with Crippen LogP contribution in [0.2, 0.25) is 0 Å². The van der Waals surface area contributed by atoms with Crippen LogP contribution >= 0.6 is 24.0 Å². The number of alkyl carbamates (subject to hydrolysis) is 1. The Morgan fingerprint density at radius 2 is 2.19 bits per heavy atom. The van der Waals surface area contributed by atoms with E-state index in [-0.39, 0.29) is 36.1 Å². The normalized spacial score (nSPS) is 17.6. The summed E-state index contributed by atoms with van der Waals surface area (Å²) in [6.45, 7) is 11.5. The van der Waals surface area contributed by atoms with Crippen molar-refractivity contribution >= 4 is 36.0 Å². The van der Waals surface area contributed by atoms with Gasteiger partial charge in [0.05, 0.1) is 18.9 Å². The Hall–Kier alpha value is -1.52. The largest absolute Gasteiger partial charge is 0.444 e. The molecule has 8 nitrogen and oxygen atoms in total. The van der Waals surface area contributed by atoms with E-state index in [1.807, 2.05) is 31.5 Å². The maximum Gasteiger partial charge on any atom is 0.407 e. The Balaban J connectivity index is 0.00000338. The predicted octanol–water partition coefficient (Wildman–Crippen LogP) is 2.07. The lowest BCUT2D eigenvalue weighted by Crippen LogP contribution is -2.44. The Bertz CT molecular complexity index is 570. The highest BCUT2D eigenvalue weighted by Crippen LogP contribution is 2.12. The molecule has 0 saturated carbocycles. The summed E-state index contributed by atoms with van der Waals surface area (Å²) in [5.74, 6) is 0.885. The van der Waals surface area contributed by atoms with Crippen molar-refractivity contribution in [1.29, 1.82) is 0 Å². The molecule has 2 rings (SSSR count). The summed E-state index contributed by atoms with van der Waals surface area (Å²) in [6.07, 6.45) is 6.01. The first-order valence-electron chi connectivity index (χ1n) is 8.86. The van der Waals surface area contributed by atoms with Gasteiger partial charge in [0, 0.05) is 38.6 Å². The van der Waals surface area contributed by atoms with Gasteiger partial charge in [0.2, 0.25) is 0 Å². The summed E-state index contributed by atoms with van der Waals surface area (Å²) in [5.41, 5.74) is -0.480. The maximum atomic E-state index is 11.9. The summed E-state index contributed by atoms with van der Waals surface area (Å²) >= 11 is 0. The molecule has 1 atom stereocenters. The monoisotopic (exact) mass is 478 g/mol. The van der Waals surface area contributed by atoms with Crippen LogP contribution < -0.4 is 10.6 Å². The number of amides is 1. The zero-order chi connectivity index (χ0) is 18.3. The average Bonchev–Trinajstić information content (AvgIpc) is 3.16. The quantitative estimate of drug-likeness (QED) is 0.385. The minimum atomic E-state index is -0.480. The van der Waals surface area contributed by atoms with E-state index in [1.165, 1.54) is 0 Å². The first kappa shape index (κ1) is 22.5. The molecule has 1 aliphatic heterocycles. The van der Waals surface area contributed by atoms with Gasteiger partial charge in [-0.25, -0.2) is 9.78 Å². The molecule has 0 aromatic carbocycles. The maximum absolute atomic E-state index is 11.9. The van der Waals surface area contributed by atoms with Crippen molar-refractivity contribution < 1.29 is 9.53 Å². The second-order valence-corrected chi connectivity index (χ2v) is 7.11. The Kier molecular flexibility index (Phi) is 9.17. The molecule has 1 aliphatic rings. The number of imidazole rings is 1. The number of carbonyl (C=O) groups excluding carboxylic acids is 1. The summed E-state index contributed by atoms with van der Waals surface area (Å²) in [7, 11) is 0. The molecule has 0 aliphatic carbocycles. The van der Waals surface area contributed by atoms with Crippen LogP contribution in [0, 0.1) is 0 Å². The van der Waals surface area contributed by atoms with Gasteiger partial charge in [0.25, 0.3) is 0 Å². The number of rotatable bonds is 5. The fourth-order valence-electron chi connectivity index (χ4n) is 2.66. The first-order chi connectivity index (χ1) is 11.9. The second-order valence-electron chi connectivity index (χ2n) is 7.11. The molecule has 2 heterocycles. The van der Waals surface area contributed by atoms with Crippen LogP contribution in [0.4, 0.5) is 4.79 Å². The van der Waals surface area contributed by atoms with Crippen molar-refractivity contribution in [3.63, 3.8) is 0 Å². The predicted molar refractivity (Wildman–Crippen MR) is 113 cm³/mol. The van der Waals surface area contributed by atoms with E-state index >= 15 is 0 Å². The molecule has 1 saturated heterocycles. The number of likely N-dealkylation sites (tertiary alicyclic amines) is 1. The number of aromatic nitrogens is 2. The van der Waals surface area contributed by atoms with Crippen LogP contribution in [-0.2, 0) is 11.3 Å². The third-order valence-electron chi connectivity index (χ3n) is 3.72. The van der Waals surface area contributed by atoms with Crippen LogP contribution in [0.1, 0.15) is 34.1 Å². The lowest BCUT2D eigenvalue weighted by atomic mass is 10.2. The number of halogens is 1. The molecule has 1 fully saturated rings. The molecule has 0 radical (unpaired) electrons. The van der Waals surface area contributed by atoms with Gasteiger partial charge in [-0.05, 0) is 34.1 Å². The highest BCUT2D eigenvalue weighted by atomic mass is 127. The lowest BCUT2D eigenvalue weighted by Gasteiger charge is -2.23. The van der Waals surface area contributed by atoms with Crippen molar-refractivity contribution in [2.45, 2.75) is 52.3 Å². The number of nitrogens with zero attached hydrogens (tertiary/aromatic N) is 4. The topological polar surface area (TPSA) is 83.8 Å². The van der Waals surface area contributed by atoms with Crippen molar-refractivity contribution in [3.05, 3.63) is 18.7 Å². The smallest absolute Gasteiger partial charge is 0.407 e. The lowest BCUT2D eigenvalue weighted by molar-refractivity contribution is 0.0507. The van der Waals surface area contributed by atoms with E-state index < -0.39 is 5.60 Å². The van der Waals surface area contributed by atoms with Crippen LogP contribution in [0.5, 0.6) is 0 Å². The molecule has 1 amide bonds. The van der Waals surface area contributed by atoms with E-state index in [1.54, 1.807) is 12.5 Å². The highest BCUT2D eigenvalue weighted by molar-refractivity contribution is 14.0. The van der Waals surface area contributed by atoms with Crippen molar-refractivity contribution in [2.24, 2.45) is 4.99 Å². The van der Waals surface area contributed by atoms with Gasteiger partial charge in [0.1, 0.15) is 5.60 Å². The molecule has 0 bridgehead atoms. The zero-order valence-electron chi connectivity index (χ0n) is 16.1.